The molecule has 0 aromatic heterocycles. The monoisotopic (exact) mass is 348 g/mol. The van der Waals surface area contributed by atoms with Crippen molar-refractivity contribution in [3.8, 4) is 17.2 Å². The summed E-state index contributed by atoms with van der Waals surface area (Å²) < 4.78 is 16.4. The fraction of sp³-hybridized carbons (Fsp3) is 0.632. The molecule has 0 unspecified atom stereocenters. The lowest BCUT2D eigenvalue weighted by Gasteiger charge is -2.34. The summed E-state index contributed by atoms with van der Waals surface area (Å²) in [5.41, 5.74) is 1.12. The molecular weight excluding hydrogens is 320 g/mol. The Morgan fingerprint density at radius 3 is 2.84 bits per heavy atom. The maximum absolute atomic E-state index is 12.7. The van der Waals surface area contributed by atoms with Gasteiger partial charge >= 0.3 is 0 Å². The molecule has 1 fully saturated rings. The van der Waals surface area contributed by atoms with Gasteiger partial charge in [-0.2, -0.15) is 0 Å². The number of hydrogen-bond donors (Lipinski definition) is 0. The highest BCUT2D eigenvalue weighted by atomic mass is 16.7. The summed E-state index contributed by atoms with van der Waals surface area (Å²) in [4.78, 5) is 17.0. The molecule has 2 aliphatic heterocycles. The number of rotatable bonds is 6. The van der Waals surface area contributed by atoms with Crippen LogP contribution >= 0.6 is 0 Å². The van der Waals surface area contributed by atoms with Gasteiger partial charge in [-0.3, -0.25) is 9.69 Å². The van der Waals surface area contributed by atoms with E-state index in [0.29, 0.717) is 11.5 Å². The molecule has 1 aromatic carbocycles. The highest BCUT2D eigenvalue weighted by molar-refractivity contribution is 5.79. The molecule has 1 saturated heterocycles. The molecular formula is C19H28N2O4. The molecule has 2 heterocycles. The predicted octanol–water partition coefficient (Wildman–Crippen LogP) is 2.50. The van der Waals surface area contributed by atoms with Gasteiger partial charge in [0.05, 0.1) is 13.0 Å². The van der Waals surface area contributed by atoms with Crippen molar-refractivity contribution in [3.05, 3.63) is 17.7 Å². The minimum Gasteiger partial charge on any atom is -0.493 e. The Kier molecular flexibility index (Phi) is 5.68. The average Bonchev–Trinajstić information content (AvgIpc) is 3.10. The summed E-state index contributed by atoms with van der Waals surface area (Å²) in [7, 11) is 1.64. The highest BCUT2D eigenvalue weighted by Gasteiger charge is 2.29. The van der Waals surface area contributed by atoms with Crippen LogP contribution in [-0.4, -0.2) is 55.8 Å². The van der Waals surface area contributed by atoms with Crippen molar-refractivity contribution in [1.29, 1.82) is 0 Å². The third-order valence-corrected chi connectivity index (χ3v) is 5.05. The van der Waals surface area contributed by atoms with Gasteiger partial charge < -0.3 is 19.1 Å². The standard InChI is InChI=1S/C19H28N2O4/c1-4-21(5-2)19(22)15-7-6-8-20(12-15)11-14-9-16(23-3)18-17(10-14)24-13-25-18/h9-10,15H,4-8,11-13H2,1-3H3/t15-/m0/s1. The summed E-state index contributed by atoms with van der Waals surface area (Å²) in [6.45, 7) is 8.50. The number of carbonyl (C=O) groups excluding carboxylic acids is 1. The van der Waals surface area contributed by atoms with Gasteiger partial charge in [-0.15, -0.1) is 0 Å². The van der Waals surface area contributed by atoms with E-state index in [4.69, 9.17) is 14.2 Å². The summed E-state index contributed by atoms with van der Waals surface area (Å²) in [6.07, 6.45) is 2.04. The molecule has 0 radical (unpaired) electrons. The number of benzene rings is 1. The van der Waals surface area contributed by atoms with E-state index in [1.54, 1.807) is 7.11 Å². The van der Waals surface area contributed by atoms with Gasteiger partial charge in [0.2, 0.25) is 18.4 Å². The smallest absolute Gasteiger partial charge is 0.231 e. The second-order valence-corrected chi connectivity index (χ2v) is 6.62. The van der Waals surface area contributed by atoms with Crippen LogP contribution in [0.1, 0.15) is 32.3 Å². The molecule has 0 N–H and O–H groups in total. The third kappa shape index (κ3) is 3.84. The Balaban J connectivity index is 1.68. The first-order chi connectivity index (χ1) is 12.2. The Bertz CT molecular complexity index is 616. The first-order valence-electron chi connectivity index (χ1n) is 9.13. The molecule has 0 bridgehead atoms. The zero-order valence-electron chi connectivity index (χ0n) is 15.4. The quantitative estimate of drug-likeness (QED) is 0.791. The summed E-state index contributed by atoms with van der Waals surface area (Å²) in [6, 6.07) is 4.02. The van der Waals surface area contributed by atoms with Crippen molar-refractivity contribution in [2.24, 2.45) is 5.92 Å². The molecule has 0 spiro atoms. The van der Waals surface area contributed by atoms with Crippen LogP contribution < -0.4 is 14.2 Å². The van der Waals surface area contributed by atoms with Gasteiger partial charge in [-0.25, -0.2) is 0 Å². The number of piperidine rings is 1. The van der Waals surface area contributed by atoms with Crippen LogP contribution in [0.3, 0.4) is 0 Å². The fourth-order valence-corrected chi connectivity index (χ4v) is 3.73. The first kappa shape index (κ1) is 17.9. The van der Waals surface area contributed by atoms with Crippen molar-refractivity contribution in [2.75, 3.05) is 40.1 Å². The summed E-state index contributed by atoms with van der Waals surface area (Å²) >= 11 is 0. The fourth-order valence-electron chi connectivity index (χ4n) is 3.73. The van der Waals surface area contributed by atoms with Crippen molar-refractivity contribution in [3.63, 3.8) is 0 Å². The first-order valence-corrected chi connectivity index (χ1v) is 9.13. The van der Waals surface area contributed by atoms with Gasteiger partial charge in [0.1, 0.15) is 0 Å². The van der Waals surface area contributed by atoms with E-state index in [2.05, 4.69) is 4.90 Å². The van der Waals surface area contributed by atoms with Crippen LogP contribution in [0.25, 0.3) is 0 Å². The van der Waals surface area contributed by atoms with Crippen LogP contribution in [0, 0.1) is 5.92 Å². The van der Waals surface area contributed by atoms with E-state index < -0.39 is 0 Å². The molecule has 3 rings (SSSR count). The van der Waals surface area contributed by atoms with E-state index >= 15 is 0 Å². The van der Waals surface area contributed by atoms with Gasteiger partial charge in [-0.1, -0.05) is 0 Å². The number of hydrogen-bond acceptors (Lipinski definition) is 5. The van der Waals surface area contributed by atoms with Crippen LogP contribution in [0.5, 0.6) is 17.2 Å². The van der Waals surface area contributed by atoms with Crippen LogP contribution in [0.15, 0.2) is 12.1 Å². The normalized spacial score (nSPS) is 19.7. The minimum atomic E-state index is 0.101. The summed E-state index contributed by atoms with van der Waals surface area (Å²) in [5.74, 6) is 2.52. The Hall–Kier alpha value is -1.95. The molecule has 138 valence electrons. The second-order valence-electron chi connectivity index (χ2n) is 6.62. The van der Waals surface area contributed by atoms with Crippen molar-refractivity contribution in [2.45, 2.75) is 33.2 Å². The molecule has 6 nitrogen and oxygen atoms in total. The topological polar surface area (TPSA) is 51.2 Å². The lowest BCUT2D eigenvalue weighted by molar-refractivity contribution is -0.137. The molecule has 25 heavy (non-hydrogen) atoms. The van der Waals surface area contributed by atoms with Crippen molar-refractivity contribution >= 4 is 5.91 Å². The molecule has 1 aromatic rings. The maximum atomic E-state index is 12.7. The van der Waals surface area contributed by atoms with E-state index in [1.165, 1.54) is 0 Å². The Morgan fingerprint density at radius 2 is 2.12 bits per heavy atom. The number of methoxy groups -OCH3 is 1. The van der Waals surface area contributed by atoms with Gasteiger partial charge in [0.15, 0.2) is 11.5 Å². The van der Waals surface area contributed by atoms with Crippen molar-refractivity contribution in [1.82, 2.24) is 9.80 Å². The number of fused-ring (bicyclic) bond motifs is 1. The number of ether oxygens (including phenoxy) is 3. The SMILES string of the molecule is CCN(CC)C(=O)[C@H]1CCCN(Cc2cc(OC)c3c(c2)OCO3)C1. The molecule has 0 saturated carbocycles. The molecule has 6 heteroatoms. The number of nitrogens with zero attached hydrogens (tertiary/aromatic N) is 2. The molecule has 0 aliphatic carbocycles. The number of carbonyl (C=O) groups is 1. The lowest BCUT2D eigenvalue weighted by Crippen LogP contribution is -2.44. The predicted molar refractivity (Wildman–Crippen MR) is 95.0 cm³/mol. The number of likely N-dealkylation sites (tertiary alicyclic amines) is 1. The summed E-state index contributed by atoms with van der Waals surface area (Å²) in [5, 5.41) is 0. The van der Waals surface area contributed by atoms with Crippen LogP contribution in [0.4, 0.5) is 0 Å². The minimum absolute atomic E-state index is 0.101. The number of amides is 1. The van der Waals surface area contributed by atoms with Gasteiger partial charge in [-0.05, 0) is 50.9 Å². The lowest BCUT2D eigenvalue weighted by atomic mass is 9.96. The Morgan fingerprint density at radius 1 is 1.32 bits per heavy atom. The van der Waals surface area contributed by atoms with Gasteiger partial charge in [0, 0.05) is 26.2 Å². The van der Waals surface area contributed by atoms with Gasteiger partial charge in [0.25, 0.3) is 0 Å². The largest absolute Gasteiger partial charge is 0.493 e. The maximum Gasteiger partial charge on any atom is 0.231 e. The van der Waals surface area contributed by atoms with Crippen LogP contribution in [-0.2, 0) is 11.3 Å². The van der Waals surface area contributed by atoms with E-state index in [-0.39, 0.29) is 18.6 Å². The zero-order chi connectivity index (χ0) is 17.8. The third-order valence-electron chi connectivity index (χ3n) is 5.05. The Labute approximate surface area is 149 Å². The molecule has 1 amide bonds. The van der Waals surface area contributed by atoms with E-state index in [0.717, 1.165) is 56.9 Å². The van der Waals surface area contributed by atoms with E-state index in [1.807, 2.05) is 30.9 Å². The average molecular weight is 348 g/mol. The van der Waals surface area contributed by atoms with Crippen LogP contribution in [0.2, 0.25) is 0 Å². The second kappa shape index (κ2) is 7.95. The van der Waals surface area contributed by atoms with Crippen molar-refractivity contribution < 1.29 is 19.0 Å². The zero-order valence-corrected chi connectivity index (χ0v) is 15.4. The highest BCUT2D eigenvalue weighted by Crippen LogP contribution is 2.42. The molecule has 2 aliphatic rings. The molecule has 1 atom stereocenters. The van der Waals surface area contributed by atoms with E-state index in [9.17, 15) is 4.79 Å².